The van der Waals surface area contributed by atoms with Gasteiger partial charge >= 0.3 is 0 Å². The van der Waals surface area contributed by atoms with Gasteiger partial charge in [-0.05, 0) is 33.2 Å². The molecule has 5 heteroatoms. The summed E-state index contributed by atoms with van der Waals surface area (Å²) >= 11 is 0. The quantitative estimate of drug-likeness (QED) is 0.869. The molecule has 0 aromatic carbocycles. The Bertz CT molecular complexity index is 423. The normalized spacial score (nSPS) is 20.7. The van der Waals surface area contributed by atoms with Crippen molar-refractivity contribution in [2.24, 2.45) is 0 Å². The summed E-state index contributed by atoms with van der Waals surface area (Å²) in [6, 6.07) is 4.12. The number of aliphatic hydroxyl groups is 1. The standard InChI is InChI=1S/C14H23N3O2/c1-11-4-5-14(13(15-11)9-16(2)3)17-6-7-19-10-12(18)8-17/h4-5,12,18H,6-10H2,1-3H3/t12-/m1/s1. The molecule has 5 nitrogen and oxygen atoms in total. The van der Waals surface area contributed by atoms with Gasteiger partial charge in [-0.1, -0.05) is 0 Å². The third-order valence-corrected chi connectivity index (χ3v) is 3.14. The fourth-order valence-corrected chi connectivity index (χ4v) is 2.32. The lowest BCUT2D eigenvalue weighted by molar-refractivity contribution is 0.0597. The van der Waals surface area contributed by atoms with Gasteiger partial charge in [-0.25, -0.2) is 0 Å². The molecule has 106 valence electrons. The summed E-state index contributed by atoms with van der Waals surface area (Å²) < 4.78 is 5.38. The summed E-state index contributed by atoms with van der Waals surface area (Å²) in [6.45, 7) is 5.26. The second-order valence-electron chi connectivity index (χ2n) is 5.33. The van der Waals surface area contributed by atoms with Crippen LogP contribution in [0.4, 0.5) is 5.69 Å². The highest BCUT2D eigenvalue weighted by Gasteiger charge is 2.19. The number of aryl methyl sites for hydroxylation is 1. The molecule has 19 heavy (non-hydrogen) atoms. The second kappa shape index (κ2) is 6.32. The molecule has 1 aliphatic rings. The van der Waals surface area contributed by atoms with Crippen LogP contribution in [0.1, 0.15) is 11.4 Å². The third-order valence-electron chi connectivity index (χ3n) is 3.14. The van der Waals surface area contributed by atoms with Crippen LogP contribution in [0.3, 0.4) is 0 Å². The molecule has 0 spiro atoms. The van der Waals surface area contributed by atoms with E-state index < -0.39 is 6.10 Å². The number of hydrogen-bond acceptors (Lipinski definition) is 5. The maximum Gasteiger partial charge on any atom is 0.0948 e. The number of hydrogen-bond donors (Lipinski definition) is 1. The highest BCUT2D eigenvalue weighted by molar-refractivity contribution is 5.51. The molecular formula is C14H23N3O2. The van der Waals surface area contributed by atoms with Crippen molar-refractivity contribution in [3.63, 3.8) is 0 Å². The van der Waals surface area contributed by atoms with Crippen LogP contribution in [0.5, 0.6) is 0 Å². The van der Waals surface area contributed by atoms with Gasteiger partial charge in [-0.2, -0.15) is 0 Å². The lowest BCUT2D eigenvalue weighted by Gasteiger charge is -2.26. The van der Waals surface area contributed by atoms with Crippen molar-refractivity contribution in [3.05, 3.63) is 23.5 Å². The van der Waals surface area contributed by atoms with Crippen LogP contribution in [-0.4, -0.2) is 61.5 Å². The monoisotopic (exact) mass is 265 g/mol. The Kier molecular flexibility index (Phi) is 4.74. The molecule has 1 aliphatic heterocycles. The topological polar surface area (TPSA) is 48.8 Å². The van der Waals surface area contributed by atoms with E-state index in [1.165, 1.54) is 0 Å². The van der Waals surface area contributed by atoms with Crippen LogP contribution < -0.4 is 4.90 Å². The predicted molar refractivity (Wildman–Crippen MR) is 75.4 cm³/mol. The van der Waals surface area contributed by atoms with E-state index in [-0.39, 0.29) is 0 Å². The number of rotatable bonds is 3. The molecule has 1 atom stereocenters. The zero-order valence-corrected chi connectivity index (χ0v) is 12.0. The zero-order valence-electron chi connectivity index (χ0n) is 12.0. The predicted octanol–water partition coefficient (Wildman–Crippen LogP) is 0.649. The minimum Gasteiger partial charge on any atom is -0.389 e. The first kappa shape index (κ1) is 14.2. The fraction of sp³-hybridized carbons (Fsp3) is 0.643. The number of ether oxygens (including phenoxy) is 1. The van der Waals surface area contributed by atoms with E-state index >= 15 is 0 Å². The van der Waals surface area contributed by atoms with E-state index in [0.29, 0.717) is 19.8 Å². The number of β-amino-alcohol motifs (C(OH)–C–C–N with tert-alkyl or cyclic N) is 1. The number of pyridine rings is 1. The van der Waals surface area contributed by atoms with Crippen LogP contribution >= 0.6 is 0 Å². The smallest absolute Gasteiger partial charge is 0.0948 e. The van der Waals surface area contributed by atoms with Crippen LogP contribution in [-0.2, 0) is 11.3 Å². The van der Waals surface area contributed by atoms with Crippen molar-refractivity contribution in [3.8, 4) is 0 Å². The van der Waals surface area contributed by atoms with Gasteiger partial charge in [0, 0.05) is 25.3 Å². The first-order valence-corrected chi connectivity index (χ1v) is 6.68. The summed E-state index contributed by atoms with van der Waals surface area (Å²) in [6.07, 6.45) is -0.434. The van der Waals surface area contributed by atoms with Crippen LogP contribution in [0.25, 0.3) is 0 Å². The highest BCUT2D eigenvalue weighted by Crippen LogP contribution is 2.21. The third kappa shape index (κ3) is 3.89. The van der Waals surface area contributed by atoms with Gasteiger partial charge in [0.25, 0.3) is 0 Å². The van der Waals surface area contributed by atoms with E-state index in [2.05, 4.69) is 20.9 Å². The van der Waals surface area contributed by atoms with E-state index in [1.807, 2.05) is 27.1 Å². The SMILES string of the molecule is Cc1ccc(N2CCOC[C@H](O)C2)c(CN(C)C)n1. The summed E-state index contributed by atoms with van der Waals surface area (Å²) in [7, 11) is 4.07. The highest BCUT2D eigenvalue weighted by atomic mass is 16.5. The van der Waals surface area contributed by atoms with E-state index in [1.54, 1.807) is 0 Å². The molecule has 2 heterocycles. The molecule has 1 saturated heterocycles. The van der Waals surface area contributed by atoms with Crippen LogP contribution in [0, 0.1) is 6.92 Å². The molecule has 0 unspecified atom stereocenters. The van der Waals surface area contributed by atoms with Crippen LogP contribution in [0.2, 0.25) is 0 Å². The zero-order chi connectivity index (χ0) is 13.8. The van der Waals surface area contributed by atoms with E-state index in [0.717, 1.165) is 30.2 Å². The van der Waals surface area contributed by atoms with Gasteiger partial charge in [-0.3, -0.25) is 4.98 Å². The second-order valence-corrected chi connectivity index (χ2v) is 5.33. The van der Waals surface area contributed by atoms with Crippen molar-refractivity contribution in [1.29, 1.82) is 0 Å². The lowest BCUT2D eigenvalue weighted by atomic mass is 10.2. The maximum atomic E-state index is 9.85. The van der Waals surface area contributed by atoms with Crippen molar-refractivity contribution in [2.75, 3.05) is 45.3 Å². The Labute approximate surface area is 114 Å². The van der Waals surface area contributed by atoms with Gasteiger partial charge < -0.3 is 19.6 Å². The molecule has 1 aromatic heterocycles. The fourth-order valence-electron chi connectivity index (χ4n) is 2.32. The minimum absolute atomic E-state index is 0.415. The Morgan fingerprint density at radius 3 is 3.00 bits per heavy atom. The van der Waals surface area contributed by atoms with Crippen molar-refractivity contribution in [2.45, 2.75) is 19.6 Å². The van der Waals surface area contributed by atoms with Gasteiger partial charge in [0.1, 0.15) is 0 Å². The van der Waals surface area contributed by atoms with Crippen molar-refractivity contribution >= 4 is 5.69 Å². The number of nitrogens with zero attached hydrogens (tertiary/aromatic N) is 3. The molecule has 1 aromatic rings. The Hall–Kier alpha value is -1.17. The molecule has 0 radical (unpaired) electrons. The van der Waals surface area contributed by atoms with Gasteiger partial charge in [0.15, 0.2) is 0 Å². The summed E-state index contributed by atoms with van der Waals surface area (Å²) in [5.41, 5.74) is 3.18. The Morgan fingerprint density at radius 1 is 1.47 bits per heavy atom. The first-order chi connectivity index (χ1) is 9.06. The molecule has 0 bridgehead atoms. The lowest BCUT2D eigenvalue weighted by Crippen LogP contribution is -2.34. The minimum atomic E-state index is -0.434. The molecule has 0 saturated carbocycles. The number of anilines is 1. The van der Waals surface area contributed by atoms with E-state index in [9.17, 15) is 5.11 Å². The number of aromatic nitrogens is 1. The molecule has 2 rings (SSSR count). The molecule has 1 N–H and O–H groups in total. The first-order valence-electron chi connectivity index (χ1n) is 6.68. The van der Waals surface area contributed by atoms with Crippen molar-refractivity contribution in [1.82, 2.24) is 9.88 Å². The summed E-state index contributed by atoms with van der Waals surface area (Å²) in [5, 5.41) is 9.85. The molecule has 0 aliphatic carbocycles. The van der Waals surface area contributed by atoms with Gasteiger partial charge in [0.05, 0.1) is 30.7 Å². The van der Waals surface area contributed by atoms with E-state index in [4.69, 9.17) is 4.74 Å². The largest absolute Gasteiger partial charge is 0.389 e. The van der Waals surface area contributed by atoms with Gasteiger partial charge in [0.2, 0.25) is 0 Å². The molecular weight excluding hydrogens is 242 g/mol. The Morgan fingerprint density at radius 2 is 2.26 bits per heavy atom. The summed E-state index contributed by atoms with van der Waals surface area (Å²) in [5.74, 6) is 0. The molecule has 1 fully saturated rings. The van der Waals surface area contributed by atoms with Gasteiger partial charge in [-0.15, -0.1) is 0 Å². The average Bonchev–Trinajstić information content (AvgIpc) is 2.53. The van der Waals surface area contributed by atoms with Crippen molar-refractivity contribution < 1.29 is 9.84 Å². The number of aliphatic hydroxyl groups excluding tert-OH is 1. The molecule has 0 amide bonds. The summed E-state index contributed by atoms with van der Waals surface area (Å²) in [4.78, 5) is 8.92. The van der Waals surface area contributed by atoms with Crippen LogP contribution in [0.15, 0.2) is 12.1 Å². The maximum absolute atomic E-state index is 9.85. The average molecular weight is 265 g/mol. The Balaban J connectivity index is 2.26.